The van der Waals surface area contributed by atoms with Crippen LogP contribution >= 0.6 is 11.6 Å². The smallest absolute Gasteiger partial charge is 0.257 e. The first kappa shape index (κ1) is 18.9. The third kappa shape index (κ3) is 5.08. The number of para-hydroxylation sites is 1. The van der Waals surface area contributed by atoms with Crippen LogP contribution in [0.1, 0.15) is 27.0 Å². The minimum Gasteiger partial charge on any atom is -0.383 e. The Hall–Kier alpha value is -2.85. The number of hydrogen-bond donors (Lipinski definition) is 2. The highest BCUT2D eigenvalue weighted by molar-refractivity contribution is 6.30. The number of aryl methyl sites for hydroxylation is 2. The summed E-state index contributed by atoms with van der Waals surface area (Å²) in [7, 11) is 0. The molecule has 0 saturated heterocycles. The predicted octanol–water partition coefficient (Wildman–Crippen LogP) is 5.26. The molecule has 138 valence electrons. The zero-order valence-electron chi connectivity index (χ0n) is 15.4. The number of nitrogens with zero attached hydrogens (tertiary/aromatic N) is 1. The van der Waals surface area contributed by atoms with Gasteiger partial charge in [-0.25, -0.2) is 0 Å². The molecule has 0 aliphatic carbocycles. The van der Waals surface area contributed by atoms with Crippen molar-refractivity contribution in [3.8, 4) is 0 Å². The number of amides is 1. The summed E-state index contributed by atoms with van der Waals surface area (Å²) in [6, 6.07) is 15.6. The standard InChI is InChI=1S/C22H22ClN3O/c1-15-5-3-6-16(2)21(15)26-22(27)18-12-20(14-24-13-18)25-10-9-17-7-4-8-19(23)11-17/h3-8,11-14,25H,9-10H2,1-2H3,(H,26,27). The molecular formula is C22H22ClN3O. The number of nitrogens with one attached hydrogen (secondary N) is 2. The maximum atomic E-state index is 12.6. The zero-order chi connectivity index (χ0) is 19.2. The fraction of sp³-hybridized carbons (Fsp3) is 0.182. The highest BCUT2D eigenvalue weighted by Crippen LogP contribution is 2.21. The molecule has 3 aromatic rings. The predicted molar refractivity (Wildman–Crippen MR) is 112 cm³/mol. The number of aromatic nitrogens is 1. The lowest BCUT2D eigenvalue weighted by atomic mass is 10.1. The van der Waals surface area contributed by atoms with E-state index in [9.17, 15) is 4.79 Å². The van der Waals surface area contributed by atoms with Crippen molar-refractivity contribution in [1.82, 2.24) is 4.98 Å². The maximum absolute atomic E-state index is 12.6. The van der Waals surface area contributed by atoms with E-state index in [1.54, 1.807) is 12.4 Å². The van der Waals surface area contributed by atoms with Crippen molar-refractivity contribution in [2.45, 2.75) is 20.3 Å². The lowest BCUT2D eigenvalue weighted by Crippen LogP contribution is -2.15. The first-order valence-corrected chi connectivity index (χ1v) is 9.21. The van der Waals surface area contributed by atoms with Gasteiger partial charge in [0.05, 0.1) is 11.3 Å². The Morgan fingerprint density at radius 2 is 1.78 bits per heavy atom. The van der Waals surface area contributed by atoms with Crippen LogP contribution in [0.15, 0.2) is 60.9 Å². The van der Waals surface area contributed by atoms with E-state index in [1.807, 2.05) is 62.4 Å². The van der Waals surface area contributed by atoms with E-state index in [4.69, 9.17) is 11.6 Å². The minimum atomic E-state index is -0.168. The summed E-state index contributed by atoms with van der Waals surface area (Å²) in [5, 5.41) is 7.03. The van der Waals surface area contributed by atoms with Crippen molar-refractivity contribution in [1.29, 1.82) is 0 Å². The van der Waals surface area contributed by atoms with Crippen molar-refractivity contribution in [3.63, 3.8) is 0 Å². The average Bonchev–Trinajstić information content (AvgIpc) is 2.65. The van der Waals surface area contributed by atoms with Crippen molar-refractivity contribution >= 4 is 28.9 Å². The van der Waals surface area contributed by atoms with Crippen LogP contribution in [0.4, 0.5) is 11.4 Å². The van der Waals surface area contributed by atoms with Crippen molar-refractivity contribution < 1.29 is 4.79 Å². The van der Waals surface area contributed by atoms with E-state index in [1.165, 1.54) is 0 Å². The number of halogens is 1. The van der Waals surface area contributed by atoms with Crippen LogP contribution < -0.4 is 10.6 Å². The Kier molecular flexibility index (Phi) is 6.09. The second kappa shape index (κ2) is 8.69. The molecule has 0 aliphatic heterocycles. The number of benzene rings is 2. The summed E-state index contributed by atoms with van der Waals surface area (Å²) in [5.41, 5.74) is 5.41. The van der Waals surface area contributed by atoms with Gasteiger partial charge in [-0.05, 0) is 55.2 Å². The van der Waals surface area contributed by atoms with Crippen molar-refractivity contribution in [2.24, 2.45) is 0 Å². The number of pyridine rings is 1. The summed E-state index contributed by atoms with van der Waals surface area (Å²) in [5.74, 6) is -0.168. The van der Waals surface area contributed by atoms with Gasteiger partial charge in [0.15, 0.2) is 0 Å². The van der Waals surface area contributed by atoms with Gasteiger partial charge in [-0.1, -0.05) is 41.9 Å². The number of carbonyl (C=O) groups excluding carboxylic acids is 1. The number of rotatable bonds is 6. The fourth-order valence-corrected chi connectivity index (χ4v) is 3.11. The Bertz CT molecular complexity index is 936. The van der Waals surface area contributed by atoms with Crippen molar-refractivity contribution in [2.75, 3.05) is 17.2 Å². The van der Waals surface area contributed by atoms with E-state index in [2.05, 4.69) is 15.6 Å². The molecule has 3 rings (SSSR count). The third-order valence-electron chi connectivity index (χ3n) is 4.35. The summed E-state index contributed by atoms with van der Waals surface area (Å²) < 4.78 is 0. The monoisotopic (exact) mass is 379 g/mol. The lowest BCUT2D eigenvalue weighted by Gasteiger charge is -2.12. The molecule has 2 aromatic carbocycles. The second-order valence-electron chi connectivity index (χ2n) is 6.49. The number of anilines is 2. The van der Waals surface area contributed by atoms with E-state index in [0.29, 0.717) is 5.56 Å². The number of hydrogen-bond acceptors (Lipinski definition) is 3. The van der Waals surface area contributed by atoms with Gasteiger partial charge in [-0.3, -0.25) is 9.78 Å². The summed E-state index contributed by atoms with van der Waals surface area (Å²) in [6.07, 6.45) is 4.12. The molecule has 0 atom stereocenters. The van der Waals surface area contributed by atoms with Crippen LogP contribution in [0.5, 0.6) is 0 Å². The van der Waals surface area contributed by atoms with Crippen molar-refractivity contribution in [3.05, 3.63) is 88.2 Å². The van der Waals surface area contributed by atoms with Crippen LogP contribution in [0.3, 0.4) is 0 Å². The molecule has 0 radical (unpaired) electrons. The first-order valence-electron chi connectivity index (χ1n) is 8.84. The van der Waals surface area contributed by atoms with Crippen LogP contribution in [0.25, 0.3) is 0 Å². The Morgan fingerprint density at radius 1 is 1.04 bits per heavy atom. The van der Waals surface area contributed by atoms with Crippen LogP contribution in [0, 0.1) is 13.8 Å². The molecule has 27 heavy (non-hydrogen) atoms. The van der Waals surface area contributed by atoms with Gasteiger partial charge in [0.1, 0.15) is 0 Å². The molecule has 4 nitrogen and oxygen atoms in total. The van der Waals surface area contributed by atoms with Gasteiger partial charge in [0.25, 0.3) is 5.91 Å². The molecule has 1 aromatic heterocycles. The molecule has 5 heteroatoms. The van der Waals surface area contributed by atoms with Gasteiger partial charge < -0.3 is 10.6 Å². The second-order valence-corrected chi connectivity index (χ2v) is 6.93. The summed E-state index contributed by atoms with van der Waals surface area (Å²) in [6.45, 7) is 4.69. The maximum Gasteiger partial charge on any atom is 0.257 e. The van der Waals surface area contributed by atoms with Gasteiger partial charge in [0.2, 0.25) is 0 Å². The lowest BCUT2D eigenvalue weighted by molar-refractivity contribution is 0.102. The molecule has 0 spiro atoms. The quantitative estimate of drug-likeness (QED) is 0.614. The molecule has 1 amide bonds. The summed E-state index contributed by atoms with van der Waals surface area (Å²) in [4.78, 5) is 16.8. The summed E-state index contributed by atoms with van der Waals surface area (Å²) >= 11 is 6.01. The molecule has 1 heterocycles. The Labute approximate surface area is 164 Å². The molecule has 2 N–H and O–H groups in total. The van der Waals surface area contributed by atoms with Gasteiger partial charge in [-0.2, -0.15) is 0 Å². The molecular weight excluding hydrogens is 358 g/mol. The average molecular weight is 380 g/mol. The van der Waals surface area contributed by atoms with Gasteiger partial charge in [-0.15, -0.1) is 0 Å². The molecule has 0 bridgehead atoms. The SMILES string of the molecule is Cc1cccc(C)c1NC(=O)c1cncc(NCCc2cccc(Cl)c2)c1. The highest BCUT2D eigenvalue weighted by Gasteiger charge is 2.10. The normalized spacial score (nSPS) is 10.5. The Balaban J connectivity index is 1.63. The van der Waals surface area contributed by atoms with E-state index in [-0.39, 0.29) is 5.91 Å². The molecule has 0 aliphatic rings. The zero-order valence-corrected chi connectivity index (χ0v) is 16.2. The largest absolute Gasteiger partial charge is 0.383 e. The molecule has 0 fully saturated rings. The number of carbonyl (C=O) groups is 1. The van der Waals surface area contributed by atoms with Gasteiger partial charge in [0, 0.05) is 29.6 Å². The van der Waals surface area contributed by atoms with E-state index < -0.39 is 0 Å². The van der Waals surface area contributed by atoms with E-state index in [0.717, 1.165) is 46.1 Å². The molecule has 0 unspecified atom stereocenters. The Morgan fingerprint density at radius 3 is 2.52 bits per heavy atom. The van der Waals surface area contributed by atoms with Crippen LogP contribution in [-0.2, 0) is 6.42 Å². The fourth-order valence-electron chi connectivity index (χ4n) is 2.90. The minimum absolute atomic E-state index is 0.168. The van der Waals surface area contributed by atoms with Crippen LogP contribution in [0.2, 0.25) is 5.02 Å². The topological polar surface area (TPSA) is 54.0 Å². The molecule has 0 saturated carbocycles. The third-order valence-corrected chi connectivity index (χ3v) is 4.59. The highest BCUT2D eigenvalue weighted by atomic mass is 35.5. The first-order chi connectivity index (χ1) is 13.0. The van der Waals surface area contributed by atoms with Gasteiger partial charge >= 0.3 is 0 Å². The van der Waals surface area contributed by atoms with Crippen LogP contribution in [-0.4, -0.2) is 17.4 Å². The van der Waals surface area contributed by atoms with E-state index >= 15 is 0 Å².